The summed E-state index contributed by atoms with van der Waals surface area (Å²) in [6.07, 6.45) is 4.00. The van der Waals surface area contributed by atoms with Gasteiger partial charge in [0.15, 0.2) is 5.82 Å². The first-order valence-electron chi connectivity index (χ1n) is 5.28. The first kappa shape index (κ1) is 9.49. The summed E-state index contributed by atoms with van der Waals surface area (Å²) in [6.45, 7) is 5.11. The quantitative estimate of drug-likeness (QED) is 0.803. The minimum absolute atomic E-state index is 0.557. The number of aromatic nitrogens is 2. The largest absolute Gasteiger partial charge is 0.337 e. The number of hydrogen-bond donors (Lipinski definition) is 1. The molecule has 0 aliphatic heterocycles. The average molecular weight is 195 g/mol. The predicted octanol–water partition coefficient (Wildman–Crippen LogP) is 2.23. The standard InChI is InChI=1S/C10H17N3O/c1-7-3-4-9(5-7)6-11-10-12-8(2)13-14-10/h7,9H,3-6H2,1-2H3,(H,11,12,13). The van der Waals surface area contributed by atoms with Gasteiger partial charge in [0.05, 0.1) is 0 Å². The van der Waals surface area contributed by atoms with Crippen LogP contribution in [-0.2, 0) is 0 Å². The predicted molar refractivity (Wildman–Crippen MR) is 54.0 cm³/mol. The minimum Gasteiger partial charge on any atom is -0.337 e. The lowest BCUT2D eigenvalue weighted by molar-refractivity contribution is 0.420. The van der Waals surface area contributed by atoms with Crippen LogP contribution in [0.15, 0.2) is 4.52 Å². The average Bonchev–Trinajstić information content (AvgIpc) is 2.72. The van der Waals surface area contributed by atoms with Gasteiger partial charge in [-0.05, 0) is 31.6 Å². The van der Waals surface area contributed by atoms with Crippen LogP contribution in [0.3, 0.4) is 0 Å². The summed E-state index contributed by atoms with van der Waals surface area (Å²) >= 11 is 0. The maximum atomic E-state index is 4.98. The lowest BCUT2D eigenvalue weighted by atomic mass is 10.1. The number of hydrogen-bond acceptors (Lipinski definition) is 4. The smallest absolute Gasteiger partial charge is 0.321 e. The molecule has 4 nitrogen and oxygen atoms in total. The highest BCUT2D eigenvalue weighted by Crippen LogP contribution is 2.30. The van der Waals surface area contributed by atoms with Gasteiger partial charge in [-0.3, -0.25) is 0 Å². The molecule has 0 spiro atoms. The molecule has 78 valence electrons. The van der Waals surface area contributed by atoms with Gasteiger partial charge in [-0.2, -0.15) is 4.98 Å². The van der Waals surface area contributed by atoms with Crippen LogP contribution in [-0.4, -0.2) is 16.7 Å². The summed E-state index contributed by atoms with van der Waals surface area (Å²) in [5.41, 5.74) is 0. The third-order valence-corrected chi connectivity index (χ3v) is 2.87. The van der Waals surface area contributed by atoms with Crippen LogP contribution in [0, 0.1) is 18.8 Å². The molecule has 2 atom stereocenters. The van der Waals surface area contributed by atoms with Crippen molar-refractivity contribution in [3.05, 3.63) is 5.82 Å². The maximum Gasteiger partial charge on any atom is 0.321 e. The molecule has 1 heterocycles. The summed E-state index contributed by atoms with van der Waals surface area (Å²) in [5, 5.41) is 6.92. The Morgan fingerprint density at radius 2 is 2.36 bits per heavy atom. The summed E-state index contributed by atoms with van der Waals surface area (Å²) < 4.78 is 4.98. The molecule has 0 amide bonds. The summed E-state index contributed by atoms with van der Waals surface area (Å²) in [4.78, 5) is 4.10. The van der Waals surface area contributed by atoms with E-state index < -0.39 is 0 Å². The van der Waals surface area contributed by atoms with Crippen LogP contribution in [0.5, 0.6) is 0 Å². The van der Waals surface area contributed by atoms with Crippen molar-refractivity contribution >= 4 is 6.01 Å². The van der Waals surface area contributed by atoms with E-state index in [9.17, 15) is 0 Å². The molecule has 0 aromatic carbocycles. The van der Waals surface area contributed by atoms with Gasteiger partial charge in [0, 0.05) is 6.54 Å². The molecule has 1 aliphatic carbocycles. The Kier molecular flexibility index (Phi) is 2.70. The molecule has 1 aromatic heterocycles. The van der Waals surface area contributed by atoms with E-state index in [-0.39, 0.29) is 0 Å². The molecular weight excluding hydrogens is 178 g/mol. The number of aryl methyl sites for hydroxylation is 1. The van der Waals surface area contributed by atoms with Crippen molar-refractivity contribution in [3.8, 4) is 0 Å². The Balaban J connectivity index is 1.77. The van der Waals surface area contributed by atoms with Crippen molar-refractivity contribution in [3.63, 3.8) is 0 Å². The molecule has 1 N–H and O–H groups in total. The van der Waals surface area contributed by atoms with Gasteiger partial charge in [0.2, 0.25) is 0 Å². The molecule has 2 rings (SSSR count). The molecule has 1 aliphatic rings. The van der Waals surface area contributed by atoms with Gasteiger partial charge in [-0.15, -0.1) is 0 Å². The highest BCUT2D eigenvalue weighted by Gasteiger charge is 2.21. The SMILES string of the molecule is Cc1noc(NCC2CCC(C)C2)n1. The normalized spacial score (nSPS) is 26.7. The van der Waals surface area contributed by atoms with Gasteiger partial charge in [-0.25, -0.2) is 0 Å². The highest BCUT2D eigenvalue weighted by molar-refractivity contribution is 5.17. The van der Waals surface area contributed by atoms with Gasteiger partial charge in [-0.1, -0.05) is 18.5 Å². The first-order chi connectivity index (χ1) is 6.74. The van der Waals surface area contributed by atoms with E-state index >= 15 is 0 Å². The summed E-state index contributed by atoms with van der Waals surface area (Å²) in [6, 6.07) is 0.557. The van der Waals surface area contributed by atoms with E-state index in [4.69, 9.17) is 4.52 Å². The van der Waals surface area contributed by atoms with E-state index in [1.807, 2.05) is 6.92 Å². The van der Waals surface area contributed by atoms with Crippen molar-refractivity contribution in [2.24, 2.45) is 11.8 Å². The molecule has 1 aromatic rings. The fourth-order valence-corrected chi connectivity index (χ4v) is 2.11. The Labute approximate surface area is 84.1 Å². The third kappa shape index (κ3) is 2.25. The van der Waals surface area contributed by atoms with Crippen LogP contribution in [0.2, 0.25) is 0 Å². The maximum absolute atomic E-state index is 4.98. The van der Waals surface area contributed by atoms with Crippen LogP contribution in [0.4, 0.5) is 6.01 Å². The molecule has 1 saturated carbocycles. The van der Waals surface area contributed by atoms with E-state index in [1.54, 1.807) is 0 Å². The zero-order chi connectivity index (χ0) is 9.97. The summed E-state index contributed by atoms with van der Waals surface area (Å²) in [7, 11) is 0. The lowest BCUT2D eigenvalue weighted by Crippen LogP contribution is -2.11. The zero-order valence-corrected chi connectivity index (χ0v) is 8.79. The molecular formula is C10H17N3O. The number of anilines is 1. The van der Waals surface area contributed by atoms with Crippen molar-refractivity contribution < 1.29 is 4.52 Å². The van der Waals surface area contributed by atoms with Crippen LogP contribution < -0.4 is 5.32 Å². The monoisotopic (exact) mass is 195 g/mol. The Bertz CT molecular complexity index is 297. The van der Waals surface area contributed by atoms with Crippen molar-refractivity contribution in [1.82, 2.24) is 10.1 Å². The topological polar surface area (TPSA) is 51.0 Å². The second-order valence-corrected chi connectivity index (χ2v) is 4.31. The fraction of sp³-hybridized carbons (Fsp3) is 0.800. The van der Waals surface area contributed by atoms with Crippen LogP contribution >= 0.6 is 0 Å². The van der Waals surface area contributed by atoms with Gasteiger partial charge in [0.1, 0.15) is 0 Å². The van der Waals surface area contributed by atoms with Gasteiger partial charge < -0.3 is 9.84 Å². The zero-order valence-electron chi connectivity index (χ0n) is 8.79. The minimum atomic E-state index is 0.557. The summed E-state index contributed by atoms with van der Waals surface area (Å²) in [5.74, 6) is 2.34. The van der Waals surface area contributed by atoms with Gasteiger partial charge in [0.25, 0.3) is 0 Å². The Morgan fingerprint density at radius 1 is 1.50 bits per heavy atom. The van der Waals surface area contributed by atoms with Crippen molar-refractivity contribution in [2.45, 2.75) is 33.1 Å². The molecule has 0 radical (unpaired) electrons. The number of nitrogens with zero attached hydrogens (tertiary/aromatic N) is 2. The fourth-order valence-electron chi connectivity index (χ4n) is 2.11. The van der Waals surface area contributed by atoms with E-state index in [0.717, 1.165) is 18.4 Å². The molecule has 0 bridgehead atoms. The third-order valence-electron chi connectivity index (χ3n) is 2.87. The molecule has 2 unspecified atom stereocenters. The Hall–Kier alpha value is -1.06. The van der Waals surface area contributed by atoms with E-state index in [1.165, 1.54) is 19.3 Å². The lowest BCUT2D eigenvalue weighted by Gasteiger charge is -2.08. The Morgan fingerprint density at radius 3 is 2.93 bits per heavy atom. The number of nitrogens with one attached hydrogen (secondary N) is 1. The second-order valence-electron chi connectivity index (χ2n) is 4.31. The molecule has 14 heavy (non-hydrogen) atoms. The second kappa shape index (κ2) is 3.98. The van der Waals surface area contributed by atoms with Crippen molar-refractivity contribution in [1.29, 1.82) is 0 Å². The molecule has 0 saturated heterocycles. The highest BCUT2D eigenvalue weighted by atomic mass is 16.5. The van der Waals surface area contributed by atoms with Gasteiger partial charge >= 0.3 is 6.01 Å². The van der Waals surface area contributed by atoms with E-state index in [0.29, 0.717) is 11.8 Å². The van der Waals surface area contributed by atoms with Crippen LogP contribution in [0.1, 0.15) is 32.0 Å². The first-order valence-corrected chi connectivity index (χ1v) is 5.28. The number of rotatable bonds is 3. The van der Waals surface area contributed by atoms with Crippen LogP contribution in [0.25, 0.3) is 0 Å². The van der Waals surface area contributed by atoms with E-state index in [2.05, 4.69) is 22.4 Å². The van der Waals surface area contributed by atoms with Crippen molar-refractivity contribution in [2.75, 3.05) is 11.9 Å². The molecule has 1 fully saturated rings. The molecule has 4 heteroatoms.